The van der Waals surface area contributed by atoms with Crippen LogP contribution in [0.4, 0.5) is 5.69 Å². The number of carboxylic acids is 1. The van der Waals surface area contributed by atoms with Gasteiger partial charge in [0.2, 0.25) is 0 Å². The zero-order chi connectivity index (χ0) is 13.3. The number of likely N-dealkylation sites (N-methyl/N-ethyl adjacent to an activating group) is 1. The van der Waals surface area contributed by atoms with Gasteiger partial charge in [-0.15, -0.1) is 0 Å². The summed E-state index contributed by atoms with van der Waals surface area (Å²) >= 11 is 0. The van der Waals surface area contributed by atoms with Crippen molar-refractivity contribution in [3.05, 3.63) is 23.8 Å². The number of rotatable bonds is 3. The molecule has 0 saturated carbocycles. The molecule has 0 radical (unpaired) electrons. The number of fused-ring (bicyclic) bond motifs is 1. The molecule has 96 valence electrons. The normalized spacial score (nSPS) is 18.2. The molecule has 0 saturated heterocycles. The Morgan fingerprint density at radius 2 is 2.22 bits per heavy atom. The number of aliphatic carboxylic acids is 1. The molecule has 0 fully saturated rings. The molecule has 1 aromatic carbocycles. The number of benzene rings is 1. The van der Waals surface area contributed by atoms with E-state index in [1.165, 1.54) is 0 Å². The van der Waals surface area contributed by atoms with Crippen molar-refractivity contribution in [2.24, 2.45) is 0 Å². The van der Waals surface area contributed by atoms with E-state index in [0.29, 0.717) is 23.5 Å². The first kappa shape index (κ1) is 12.4. The van der Waals surface area contributed by atoms with Crippen molar-refractivity contribution in [1.82, 2.24) is 0 Å². The third-order valence-corrected chi connectivity index (χ3v) is 2.90. The van der Waals surface area contributed by atoms with Gasteiger partial charge in [-0.1, -0.05) is 6.07 Å². The zero-order valence-corrected chi connectivity index (χ0v) is 10.3. The van der Waals surface area contributed by atoms with Crippen LogP contribution in [0, 0.1) is 0 Å². The molecule has 0 aromatic heterocycles. The molecule has 0 spiro atoms. The van der Waals surface area contributed by atoms with Gasteiger partial charge in [-0.3, -0.25) is 9.59 Å². The number of amides is 1. The Balaban J connectivity index is 2.41. The third-order valence-electron chi connectivity index (χ3n) is 2.90. The molecular weight excluding hydrogens is 234 g/mol. The van der Waals surface area contributed by atoms with Gasteiger partial charge in [-0.05, 0) is 31.5 Å². The molecule has 1 aliphatic rings. The van der Waals surface area contributed by atoms with Crippen LogP contribution >= 0.6 is 0 Å². The Bertz CT molecular complexity index is 498. The van der Waals surface area contributed by atoms with Gasteiger partial charge in [0.25, 0.3) is 5.91 Å². The summed E-state index contributed by atoms with van der Waals surface area (Å²) in [6.07, 6.45) is -0.558. The Morgan fingerprint density at radius 3 is 2.83 bits per heavy atom. The summed E-state index contributed by atoms with van der Waals surface area (Å²) in [6, 6.07) is 5.14. The second-order valence-corrected chi connectivity index (χ2v) is 4.22. The van der Waals surface area contributed by atoms with Crippen LogP contribution in [0.25, 0.3) is 0 Å². The highest BCUT2D eigenvalue weighted by molar-refractivity contribution is 5.99. The lowest BCUT2D eigenvalue weighted by Gasteiger charge is -2.32. The fourth-order valence-corrected chi connectivity index (χ4v) is 2.06. The number of hydrogen-bond acceptors (Lipinski definition) is 3. The van der Waals surface area contributed by atoms with Gasteiger partial charge in [-0.2, -0.15) is 0 Å². The summed E-state index contributed by atoms with van der Waals surface area (Å²) in [7, 11) is 0. The summed E-state index contributed by atoms with van der Waals surface area (Å²) in [6.45, 7) is 4.12. The average molecular weight is 249 g/mol. The maximum absolute atomic E-state index is 11.9. The maximum atomic E-state index is 11.9. The molecule has 1 N–H and O–H groups in total. The summed E-state index contributed by atoms with van der Waals surface area (Å²) in [4.78, 5) is 24.2. The smallest absolute Gasteiger partial charge is 0.307 e. The van der Waals surface area contributed by atoms with Crippen LogP contribution < -0.4 is 9.64 Å². The van der Waals surface area contributed by atoms with Crippen LogP contribution in [-0.2, 0) is 16.0 Å². The van der Waals surface area contributed by atoms with Crippen LogP contribution in [0.2, 0.25) is 0 Å². The maximum Gasteiger partial charge on any atom is 0.307 e. The summed E-state index contributed by atoms with van der Waals surface area (Å²) < 4.78 is 5.50. The number of hydrogen-bond donors (Lipinski definition) is 1. The minimum atomic E-state index is -0.894. The van der Waals surface area contributed by atoms with Gasteiger partial charge in [0, 0.05) is 6.54 Å². The van der Waals surface area contributed by atoms with E-state index in [1.807, 2.05) is 6.92 Å². The van der Waals surface area contributed by atoms with Gasteiger partial charge < -0.3 is 14.7 Å². The molecule has 0 aliphatic carbocycles. The van der Waals surface area contributed by atoms with Crippen LogP contribution in [-0.4, -0.2) is 29.6 Å². The Kier molecular flexibility index (Phi) is 3.23. The molecule has 1 aliphatic heterocycles. The number of carbonyl (C=O) groups excluding carboxylic acids is 1. The monoisotopic (exact) mass is 249 g/mol. The molecule has 0 bridgehead atoms. The van der Waals surface area contributed by atoms with E-state index in [1.54, 1.807) is 30.0 Å². The average Bonchev–Trinajstić information content (AvgIpc) is 2.31. The number of carboxylic acid groups (broad SMARTS) is 1. The second kappa shape index (κ2) is 4.68. The van der Waals surface area contributed by atoms with Gasteiger partial charge >= 0.3 is 5.97 Å². The van der Waals surface area contributed by atoms with Crippen molar-refractivity contribution in [3.63, 3.8) is 0 Å². The van der Waals surface area contributed by atoms with Gasteiger partial charge in [0.05, 0.1) is 12.1 Å². The molecule has 1 amide bonds. The Labute approximate surface area is 105 Å². The van der Waals surface area contributed by atoms with E-state index in [0.717, 1.165) is 0 Å². The number of nitrogens with zero attached hydrogens (tertiary/aromatic N) is 1. The summed E-state index contributed by atoms with van der Waals surface area (Å²) in [5, 5.41) is 8.78. The lowest BCUT2D eigenvalue weighted by atomic mass is 10.1. The van der Waals surface area contributed by atoms with E-state index in [9.17, 15) is 9.59 Å². The molecule has 2 rings (SSSR count). The van der Waals surface area contributed by atoms with Crippen LogP contribution in [0.3, 0.4) is 0 Å². The van der Waals surface area contributed by atoms with Crippen molar-refractivity contribution in [2.75, 3.05) is 11.4 Å². The number of anilines is 1. The third kappa shape index (κ3) is 2.16. The van der Waals surface area contributed by atoms with E-state index < -0.39 is 12.1 Å². The van der Waals surface area contributed by atoms with E-state index in [2.05, 4.69) is 0 Å². The van der Waals surface area contributed by atoms with E-state index in [4.69, 9.17) is 9.84 Å². The van der Waals surface area contributed by atoms with Gasteiger partial charge in [-0.25, -0.2) is 0 Å². The zero-order valence-electron chi connectivity index (χ0n) is 10.3. The van der Waals surface area contributed by atoms with Crippen LogP contribution in [0.15, 0.2) is 18.2 Å². The first-order valence-corrected chi connectivity index (χ1v) is 5.85. The Hall–Kier alpha value is -2.04. The van der Waals surface area contributed by atoms with Crippen molar-refractivity contribution >= 4 is 17.6 Å². The topological polar surface area (TPSA) is 66.8 Å². The summed E-state index contributed by atoms with van der Waals surface area (Å²) in [5.74, 6) is -0.370. The standard InChI is InChI=1S/C13H15NO4/c1-3-14-10-6-9(7-12(15)16)4-5-11(10)18-8(2)13(14)17/h4-6,8H,3,7H2,1-2H3,(H,15,16). The molecule has 18 heavy (non-hydrogen) atoms. The van der Waals surface area contributed by atoms with E-state index in [-0.39, 0.29) is 12.3 Å². The van der Waals surface area contributed by atoms with E-state index >= 15 is 0 Å². The number of carbonyl (C=O) groups is 2. The second-order valence-electron chi connectivity index (χ2n) is 4.22. The number of ether oxygens (including phenoxy) is 1. The molecule has 1 aromatic rings. The van der Waals surface area contributed by atoms with Crippen molar-refractivity contribution in [3.8, 4) is 5.75 Å². The SMILES string of the molecule is CCN1C(=O)C(C)Oc2ccc(CC(=O)O)cc21. The van der Waals surface area contributed by atoms with Crippen molar-refractivity contribution in [2.45, 2.75) is 26.4 Å². The Morgan fingerprint density at radius 1 is 1.50 bits per heavy atom. The summed E-state index contributed by atoms with van der Waals surface area (Å²) in [5.41, 5.74) is 1.31. The highest BCUT2D eigenvalue weighted by Gasteiger charge is 2.30. The fourth-order valence-electron chi connectivity index (χ4n) is 2.06. The fraction of sp³-hybridized carbons (Fsp3) is 0.385. The predicted octanol–water partition coefficient (Wildman–Crippen LogP) is 1.45. The molecule has 1 unspecified atom stereocenters. The highest BCUT2D eigenvalue weighted by Crippen LogP contribution is 2.34. The first-order valence-electron chi connectivity index (χ1n) is 5.85. The van der Waals surface area contributed by atoms with Gasteiger partial charge in [0.1, 0.15) is 5.75 Å². The van der Waals surface area contributed by atoms with Crippen molar-refractivity contribution in [1.29, 1.82) is 0 Å². The first-order chi connectivity index (χ1) is 8.52. The van der Waals surface area contributed by atoms with Crippen LogP contribution in [0.1, 0.15) is 19.4 Å². The highest BCUT2D eigenvalue weighted by atomic mass is 16.5. The van der Waals surface area contributed by atoms with Gasteiger partial charge in [0.15, 0.2) is 6.10 Å². The predicted molar refractivity (Wildman–Crippen MR) is 65.9 cm³/mol. The van der Waals surface area contributed by atoms with Crippen LogP contribution in [0.5, 0.6) is 5.75 Å². The molecular formula is C13H15NO4. The van der Waals surface area contributed by atoms with Crippen molar-refractivity contribution < 1.29 is 19.4 Å². The molecule has 1 atom stereocenters. The largest absolute Gasteiger partial charge is 0.481 e. The molecule has 5 nitrogen and oxygen atoms in total. The molecule has 5 heteroatoms. The quantitative estimate of drug-likeness (QED) is 0.880. The molecule has 1 heterocycles. The minimum Gasteiger partial charge on any atom is -0.481 e. The lowest BCUT2D eigenvalue weighted by Crippen LogP contribution is -2.44. The lowest BCUT2D eigenvalue weighted by molar-refractivity contribution is -0.136. The minimum absolute atomic E-state index is 0.0609.